The third-order valence-corrected chi connectivity index (χ3v) is 8.48. The molecular formula is C27H31Cl2N3O6. The number of carbonyl (C=O) groups excluding carboxylic acids is 4. The lowest BCUT2D eigenvalue weighted by Gasteiger charge is -2.42. The Labute approximate surface area is 231 Å². The van der Waals surface area contributed by atoms with E-state index in [2.05, 4.69) is 10.6 Å². The van der Waals surface area contributed by atoms with Crippen molar-refractivity contribution < 1.29 is 29.1 Å². The number of hydrogen-bond donors (Lipinski definition) is 4. The van der Waals surface area contributed by atoms with Gasteiger partial charge in [-0.2, -0.15) is 0 Å². The van der Waals surface area contributed by atoms with Crippen molar-refractivity contribution in [2.75, 3.05) is 7.11 Å². The number of nitrogens with one attached hydrogen (secondary N) is 3. The molecule has 0 spiro atoms. The molecule has 3 amide bonds. The van der Waals surface area contributed by atoms with E-state index in [4.69, 9.17) is 27.9 Å². The van der Waals surface area contributed by atoms with Gasteiger partial charge in [0.1, 0.15) is 6.04 Å². The lowest BCUT2D eigenvalue weighted by Crippen LogP contribution is -2.57. The summed E-state index contributed by atoms with van der Waals surface area (Å²) in [6.07, 6.45) is 0.238. The summed E-state index contributed by atoms with van der Waals surface area (Å²) >= 11 is 12.4. The Morgan fingerprint density at radius 2 is 1.63 bits per heavy atom. The van der Waals surface area contributed by atoms with E-state index in [0.717, 1.165) is 5.56 Å². The minimum Gasteiger partial charge on any atom is -0.467 e. The fraction of sp³-hybridized carbons (Fsp3) is 0.407. The van der Waals surface area contributed by atoms with Crippen LogP contribution in [0.25, 0.3) is 0 Å². The van der Waals surface area contributed by atoms with E-state index in [1.165, 1.54) is 19.2 Å². The molecule has 4 N–H and O–H groups in total. The lowest BCUT2D eigenvalue weighted by molar-refractivity contribution is -0.150. The Hall–Kier alpha value is -3.14. The van der Waals surface area contributed by atoms with Crippen molar-refractivity contribution in [3.63, 3.8) is 0 Å². The molecule has 0 saturated heterocycles. The van der Waals surface area contributed by atoms with Crippen LogP contribution >= 0.6 is 23.2 Å². The molecule has 0 bridgehead atoms. The highest BCUT2D eigenvalue weighted by Crippen LogP contribution is 2.56. The maximum atomic E-state index is 13.6. The van der Waals surface area contributed by atoms with Gasteiger partial charge in [0.25, 0.3) is 11.8 Å². The summed E-state index contributed by atoms with van der Waals surface area (Å²) in [5, 5.41) is 15.4. The van der Waals surface area contributed by atoms with E-state index in [9.17, 15) is 24.4 Å². The zero-order valence-corrected chi connectivity index (χ0v) is 23.0. The zero-order chi connectivity index (χ0) is 28.3. The van der Waals surface area contributed by atoms with Gasteiger partial charge in [0.2, 0.25) is 5.91 Å². The van der Waals surface area contributed by atoms with E-state index in [-0.39, 0.29) is 28.5 Å². The number of benzene rings is 2. The lowest BCUT2D eigenvalue weighted by atomic mass is 9.64. The Morgan fingerprint density at radius 1 is 1.03 bits per heavy atom. The van der Waals surface area contributed by atoms with Crippen molar-refractivity contribution >= 4 is 46.9 Å². The topological polar surface area (TPSA) is 134 Å². The summed E-state index contributed by atoms with van der Waals surface area (Å²) in [4.78, 5) is 52.4. The average molecular weight is 564 g/mol. The van der Waals surface area contributed by atoms with Gasteiger partial charge >= 0.3 is 5.97 Å². The molecule has 38 heavy (non-hydrogen) atoms. The molecule has 2 aromatic carbocycles. The predicted octanol–water partition coefficient (Wildman–Crippen LogP) is 3.55. The van der Waals surface area contributed by atoms with Crippen LogP contribution in [0.15, 0.2) is 48.5 Å². The van der Waals surface area contributed by atoms with Crippen molar-refractivity contribution in [2.45, 2.75) is 45.7 Å². The van der Waals surface area contributed by atoms with E-state index >= 15 is 0 Å². The first kappa shape index (κ1) is 29.4. The Balaban J connectivity index is 1.92. The van der Waals surface area contributed by atoms with E-state index in [0.29, 0.717) is 0 Å². The van der Waals surface area contributed by atoms with E-state index < -0.39 is 52.5 Å². The molecule has 9 nitrogen and oxygen atoms in total. The van der Waals surface area contributed by atoms with Gasteiger partial charge in [0.05, 0.1) is 28.1 Å². The molecule has 1 aliphatic carbocycles. The first-order valence-electron chi connectivity index (χ1n) is 12.0. The maximum Gasteiger partial charge on any atom is 0.328 e. The maximum absolute atomic E-state index is 13.6. The number of rotatable bonds is 8. The molecule has 4 atom stereocenters. The number of amides is 3. The average Bonchev–Trinajstić information content (AvgIpc) is 3.09. The van der Waals surface area contributed by atoms with Gasteiger partial charge in [-0.15, -0.1) is 0 Å². The van der Waals surface area contributed by atoms with Gasteiger partial charge in [0, 0.05) is 18.4 Å². The molecular weight excluding hydrogens is 533 g/mol. The second kappa shape index (κ2) is 11.7. The normalized spacial score (nSPS) is 22.7. The molecule has 1 aliphatic rings. The minimum atomic E-state index is -1.44. The van der Waals surface area contributed by atoms with Gasteiger partial charge < -0.3 is 15.4 Å². The number of methoxy groups -OCH3 is 1. The molecule has 204 valence electrons. The van der Waals surface area contributed by atoms with E-state index in [1.54, 1.807) is 32.3 Å². The van der Waals surface area contributed by atoms with Crippen molar-refractivity contribution in [2.24, 2.45) is 16.7 Å². The smallest absolute Gasteiger partial charge is 0.328 e. The monoisotopic (exact) mass is 563 g/mol. The quantitative estimate of drug-likeness (QED) is 0.220. The van der Waals surface area contributed by atoms with Crippen LogP contribution in [-0.2, 0) is 25.5 Å². The largest absolute Gasteiger partial charge is 0.467 e. The minimum absolute atomic E-state index is 0.0296. The molecule has 3 rings (SSSR count). The van der Waals surface area contributed by atoms with Crippen LogP contribution in [0, 0.1) is 16.7 Å². The van der Waals surface area contributed by atoms with E-state index in [1.807, 2.05) is 30.3 Å². The number of ether oxygens (including phenoxy) is 1. The molecule has 0 radical (unpaired) electrons. The summed E-state index contributed by atoms with van der Waals surface area (Å²) in [5.41, 5.74) is 0.00908. The van der Waals surface area contributed by atoms with Gasteiger partial charge in [-0.3, -0.25) is 19.6 Å². The third kappa shape index (κ3) is 5.50. The van der Waals surface area contributed by atoms with Crippen LogP contribution in [0.4, 0.5) is 0 Å². The predicted molar refractivity (Wildman–Crippen MR) is 142 cm³/mol. The summed E-state index contributed by atoms with van der Waals surface area (Å²) in [5.74, 6) is -3.35. The second-order valence-corrected chi connectivity index (χ2v) is 10.9. The standard InChI is InChI=1S/C27H31Cl2N3O6/c1-26(2)16(22(33)30-19(24(35)38-4)13-15-9-6-5-7-10-15)14-20(27(26,3)25(36)32-37)31-23(34)21-17(28)11-8-12-18(21)29/h5-12,16,19-20,37H,13-14H2,1-4H3,(H,30,33)(H,31,34)(H,32,36)/t16-,19?,20+,27-/m1/s1. The molecule has 1 fully saturated rings. The molecule has 1 unspecified atom stereocenters. The third-order valence-electron chi connectivity index (χ3n) is 7.85. The number of esters is 1. The molecule has 1 saturated carbocycles. The number of carbonyl (C=O) groups is 4. The Kier molecular flexibility index (Phi) is 9.07. The van der Waals surface area contributed by atoms with Crippen LogP contribution in [-0.4, -0.2) is 48.1 Å². The molecule has 0 heterocycles. The number of hydrogen-bond acceptors (Lipinski definition) is 6. The molecule has 11 heteroatoms. The highest BCUT2D eigenvalue weighted by Gasteiger charge is 2.64. The highest BCUT2D eigenvalue weighted by molar-refractivity contribution is 6.39. The fourth-order valence-corrected chi connectivity index (χ4v) is 5.75. The Morgan fingerprint density at radius 3 is 2.18 bits per heavy atom. The van der Waals surface area contributed by atoms with Gasteiger partial charge in [-0.25, -0.2) is 10.3 Å². The van der Waals surface area contributed by atoms with Gasteiger partial charge in [-0.05, 0) is 36.5 Å². The molecule has 0 aromatic heterocycles. The van der Waals surface area contributed by atoms with Crippen molar-refractivity contribution in [3.8, 4) is 0 Å². The number of halogens is 2. The van der Waals surface area contributed by atoms with Crippen molar-refractivity contribution in [1.29, 1.82) is 0 Å². The SMILES string of the molecule is COC(=O)C(Cc1ccccc1)NC(=O)[C@H]1C[C@H](NC(=O)c2c(Cl)cccc2Cl)[C@](C)(C(=O)NO)C1(C)C. The second-order valence-electron chi connectivity index (χ2n) is 10.1. The van der Waals surface area contributed by atoms with Crippen molar-refractivity contribution in [1.82, 2.24) is 16.1 Å². The molecule has 2 aromatic rings. The first-order chi connectivity index (χ1) is 17.9. The summed E-state index contributed by atoms with van der Waals surface area (Å²) in [6.45, 7) is 4.96. The van der Waals surface area contributed by atoms with Gasteiger partial charge in [-0.1, -0.05) is 73.4 Å². The Bertz CT molecular complexity index is 1200. The fourth-order valence-electron chi connectivity index (χ4n) is 5.18. The highest BCUT2D eigenvalue weighted by atomic mass is 35.5. The van der Waals surface area contributed by atoms with Crippen LogP contribution in [0.5, 0.6) is 0 Å². The van der Waals surface area contributed by atoms with Crippen LogP contribution in [0.1, 0.15) is 43.1 Å². The van der Waals surface area contributed by atoms with Crippen molar-refractivity contribution in [3.05, 3.63) is 69.7 Å². The number of hydroxylamine groups is 1. The summed E-state index contributed by atoms with van der Waals surface area (Å²) < 4.78 is 4.91. The van der Waals surface area contributed by atoms with Crippen LogP contribution < -0.4 is 16.1 Å². The molecule has 0 aliphatic heterocycles. The summed E-state index contributed by atoms with van der Waals surface area (Å²) in [7, 11) is 1.24. The van der Waals surface area contributed by atoms with Crippen LogP contribution in [0.2, 0.25) is 10.0 Å². The van der Waals surface area contributed by atoms with Gasteiger partial charge in [0.15, 0.2) is 0 Å². The summed E-state index contributed by atoms with van der Waals surface area (Å²) in [6, 6.07) is 11.9. The van der Waals surface area contributed by atoms with Crippen LogP contribution in [0.3, 0.4) is 0 Å². The first-order valence-corrected chi connectivity index (χ1v) is 12.8. The zero-order valence-electron chi connectivity index (χ0n) is 21.5.